The van der Waals surface area contributed by atoms with Gasteiger partial charge in [-0.15, -0.1) is 0 Å². The fourth-order valence-electron chi connectivity index (χ4n) is 4.45. The predicted molar refractivity (Wildman–Crippen MR) is 92.5 cm³/mol. The molecule has 0 aromatic heterocycles. The second kappa shape index (κ2) is 6.56. The molecule has 0 amide bonds. The zero-order chi connectivity index (χ0) is 16.7. The Balaban J connectivity index is 1.61. The molecule has 1 aromatic rings. The van der Waals surface area contributed by atoms with Crippen molar-refractivity contribution >= 4 is 21.9 Å². The minimum Gasteiger partial charge on any atom is -0.486 e. The Morgan fingerprint density at radius 3 is 2.67 bits per heavy atom. The lowest BCUT2D eigenvalue weighted by Crippen LogP contribution is -2.41. The summed E-state index contributed by atoms with van der Waals surface area (Å²) in [5.41, 5.74) is 1.07. The largest absolute Gasteiger partial charge is 0.486 e. The highest BCUT2D eigenvalue weighted by Crippen LogP contribution is 2.42. The fourth-order valence-corrected chi connectivity index (χ4v) is 4.89. The van der Waals surface area contributed by atoms with Crippen molar-refractivity contribution in [3.63, 3.8) is 0 Å². The molecular formula is C18H22BrNO4. The topological polar surface area (TPSA) is 59.0 Å². The highest BCUT2D eigenvalue weighted by Gasteiger charge is 2.45. The first kappa shape index (κ1) is 16.2. The van der Waals surface area contributed by atoms with E-state index in [-0.39, 0.29) is 6.04 Å². The van der Waals surface area contributed by atoms with Gasteiger partial charge in [-0.25, -0.2) is 0 Å². The van der Waals surface area contributed by atoms with E-state index >= 15 is 0 Å². The lowest BCUT2D eigenvalue weighted by Gasteiger charge is -2.33. The van der Waals surface area contributed by atoms with Crippen molar-refractivity contribution in [2.24, 2.45) is 5.92 Å². The summed E-state index contributed by atoms with van der Waals surface area (Å²) in [6.07, 6.45) is 5.48. The van der Waals surface area contributed by atoms with E-state index in [1.807, 2.05) is 12.1 Å². The van der Waals surface area contributed by atoms with E-state index in [4.69, 9.17) is 9.47 Å². The summed E-state index contributed by atoms with van der Waals surface area (Å²) in [7, 11) is 0. The van der Waals surface area contributed by atoms with E-state index in [0.717, 1.165) is 40.8 Å². The quantitative estimate of drug-likeness (QED) is 0.849. The van der Waals surface area contributed by atoms with Crippen LogP contribution >= 0.6 is 15.9 Å². The Morgan fingerprint density at radius 2 is 1.92 bits per heavy atom. The molecule has 2 heterocycles. The molecule has 2 aliphatic heterocycles. The number of benzene rings is 1. The molecule has 1 N–H and O–H groups in total. The summed E-state index contributed by atoms with van der Waals surface area (Å²) in [6.45, 7) is 1.76. The zero-order valence-corrected chi connectivity index (χ0v) is 15.1. The predicted octanol–water partition coefficient (Wildman–Crippen LogP) is 3.44. The van der Waals surface area contributed by atoms with Crippen molar-refractivity contribution in [1.29, 1.82) is 0 Å². The third kappa shape index (κ3) is 2.90. The van der Waals surface area contributed by atoms with Gasteiger partial charge in [0, 0.05) is 17.1 Å². The van der Waals surface area contributed by atoms with Gasteiger partial charge in [0.1, 0.15) is 19.3 Å². The molecular weight excluding hydrogens is 374 g/mol. The number of hydrogen-bond acceptors (Lipinski definition) is 4. The van der Waals surface area contributed by atoms with Crippen molar-refractivity contribution in [2.45, 2.75) is 50.7 Å². The number of carboxylic acid groups (broad SMARTS) is 1. The van der Waals surface area contributed by atoms with Gasteiger partial charge in [-0.2, -0.15) is 0 Å². The molecule has 4 rings (SSSR count). The number of carbonyl (C=O) groups is 1. The van der Waals surface area contributed by atoms with Crippen molar-refractivity contribution in [2.75, 3.05) is 13.2 Å². The number of rotatable bonds is 3. The van der Waals surface area contributed by atoms with E-state index in [0.29, 0.717) is 31.7 Å². The van der Waals surface area contributed by atoms with E-state index in [2.05, 4.69) is 20.8 Å². The summed E-state index contributed by atoms with van der Waals surface area (Å²) in [4.78, 5) is 14.0. The Kier molecular flexibility index (Phi) is 4.43. The molecule has 0 radical (unpaired) electrons. The van der Waals surface area contributed by atoms with Crippen LogP contribution in [-0.4, -0.2) is 41.3 Å². The van der Waals surface area contributed by atoms with Gasteiger partial charge in [-0.1, -0.05) is 28.8 Å². The number of fused-ring (bicyclic) bond motifs is 2. The minimum absolute atomic E-state index is 0.377. The third-order valence-electron chi connectivity index (χ3n) is 5.57. The Hall–Kier alpha value is -1.27. The van der Waals surface area contributed by atoms with Crippen LogP contribution in [0.3, 0.4) is 0 Å². The number of aliphatic carboxylic acids is 1. The maximum Gasteiger partial charge on any atom is 0.320 e. The van der Waals surface area contributed by atoms with Crippen LogP contribution in [0.2, 0.25) is 0 Å². The van der Waals surface area contributed by atoms with Crippen LogP contribution in [-0.2, 0) is 11.3 Å². The van der Waals surface area contributed by atoms with Crippen LogP contribution in [0.15, 0.2) is 16.6 Å². The summed E-state index contributed by atoms with van der Waals surface area (Å²) in [6, 6.07) is 3.94. The number of halogens is 1. The normalized spacial score (nSPS) is 29.3. The van der Waals surface area contributed by atoms with Gasteiger partial charge in [0.2, 0.25) is 0 Å². The standard InChI is InChI=1S/C18H22BrNO4/c19-13-9-17-16(23-5-6-24-17)8-12(13)10-20-14-4-2-1-3-11(14)7-15(20)18(21)22/h8-9,11,14-15H,1-7,10H2,(H,21,22)/t11-,14-,15-/m0/s1. The monoisotopic (exact) mass is 395 g/mol. The molecule has 6 heteroatoms. The van der Waals surface area contributed by atoms with Crippen molar-refractivity contribution in [3.05, 3.63) is 22.2 Å². The first-order valence-electron chi connectivity index (χ1n) is 8.70. The van der Waals surface area contributed by atoms with E-state index in [1.54, 1.807) is 0 Å². The number of likely N-dealkylation sites (tertiary alicyclic amines) is 1. The Labute approximate surface area is 150 Å². The van der Waals surface area contributed by atoms with Gasteiger partial charge < -0.3 is 14.6 Å². The highest BCUT2D eigenvalue weighted by molar-refractivity contribution is 9.10. The van der Waals surface area contributed by atoms with Crippen LogP contribution in [0.5, 0.6) is 11.5 Å². The maximum absolute atomic E-state index is 11.8. The van der Waals surface area contributed by atoms with Crippen molar-refractivity contribution in [1.82, 2.24) is 4.90 Å². The summed E-state index contributed by atoms with van der Waals surface area (Å²) < 4.78 is 12.2. The van der Waals surface area contributed by atoms with Gasteiger partial charge in [0.15, 0.2) is 11.5 Å². The average Bonchev–Trinajstić information content (AvgIpc) is 2.95. The van der Waals surface area contributed by atoms with Crippen molar-refractivity contribution in [3.8, 4) is 11.5 Å². The van der Waals surface area contributed by atoms with Gasteiger partial charge in [0.25, 0.3) is 0 Å². The average molecular weight is 396 g/mol. The molecule has 1 aliphatic carbocycles. The number of hydrogen-bond donors (Lipinski definition) is 1. The van der Waals surface area contributed by atoms with Crippen LogP contribution in [0, 0.1) is 5.92 Å². The van der Waals surface area contributed by atoms with Gasteiger partial charge >= 0.3 is 5.97 Å². The molecule has 0 bridgehead atoms. The first-order valence-corrected chi connectivity index (χ1v) is 9.49. The van der Waals surface area contributed by atoms with Crippen LogP contribution < -0.4 is 9.47 Å². The molecule has 24 heavy (non-hydrogen) atoms. The fraction of sp³-hybridized carbons (Fsp3) is 0.611. The van der Waals surface area contributed by atoms with Crippen LogP contribution in [0.1, 0.15) is 37.7 Å². The third-order valence-corrected chi connectivity index (χ3v) is 6.31. The number of carboxylic acids is 1. The van der Waals surface area contributed by atoms with Crippen molar-refractivity contribution < 1.29 is 19.4 Å². The number of nitrogens with zero attached hydrogens (tertiary/aromatic N) is 1. The second-order valence-electron chi connectivity index (χ2n) is 6.96. The smallest absolute Gasteiger partial charge is 0.320 e. The van der Waals surface area contributed by atoms with Gasteiger partial charge in [-0.05, 0) is 42.9 Å². The molecule has 0 spiro atoms. The van der Waals surface area contributed by atoms with Gasteiger partial charge in [0.05, 0.1) is 0 Å². The maximum atomic E-state index is 11.8. The molecule has 1 aromatic carbocycles. The van der Waals surface area contributed by atoms with Crippen LogP contribution in [0.4, 0.5) is 0 Å². The molecule has 5 nitrogen and oxygen atoms in total. The summed E-state index contributed by atoms with van der Waals surface area (Å²) in [5.74, 6) is 1.34. The summed E-state index contributed by atoms with van der Waals surface area (Å²) in [5, 5.41) is 9.67. The lowest BCUT2D eigenvalue weighted by molar-refractivity contribution is -0.142. The molecule has 0 unspecified atom stereocenters. The minimum atomic E-state index is -0.696. The Morgan fingerprint density at radius 1 is 1.21 bits per heavy atom. The summed E-state index contributed by atoms with van der Waals surface area (Å²) >= 11 is 3.62. The highest BCUT2D eigenvalue weighted by atomic mass is 79.9. The Bertz CT molecular complexity index is 650. The molecule has 2 fully saturated rings. The molecule has 3 aliphatic rings. The molecule has 3 atom stereocenters. The van der Waals surface area contributed by atoms with E-state index in [9.17, 15) is 9.90 Å². The number of ether oxygens (including phenoxy) is 2. The zero-order valence-electron chi connectivity index (χ0n) is 13.5. The van der Waals surface area contributed by atoms with Gasteiger partial charge in [-0.3, -0.25) is 9.69 Å². The molecule has 1 saturated heterocycles. The molecule has 130 valence electrons. The molecule has 1 saturated carbocycles. The lowest BCUT2D eigenvalue weighted by atomic mass is 9.84. The van der Waals surface area contributed by atoms with E-state index < -0.39 is 5.97 Å². The van der Waals surface area contributed by atoms with Crippen LogP contribution in [0.25, 0.3) is 0 Å². The second-order valence-corrected chi connectivity index (χ2v) is 7.82. The first-order chi connectivity index (χ1) is 11.6. The van der Waals surface area contributed by atoms with E-state index in [1.165, 1.54) is 12.8 Å². The SMILES string of the molecule is O=C(O)[C@@H]1C[C@@H]2CCCC[C@@H]2N1Cc1cc2c(cc1Br)OCCO2.